The molecule has 1 unspecified atom stereocenters. The molecule has 0 rings (SSSR count). The van der Waals surface area contributed by atoms with Gasteiger partial charge in [0, 0.05) is 8.07 Å². The van der Waals surface area contributed by atoms with Crippen LogP contribution in [0.1, 0.15) is 27.7 Å². The molecule has 68 valence electrons. The fourth-order valence-electron chi connectivity index (χ4n) is 1.22. The predicted molar refractivity (Wildman–Crippen MR) is 56.8 cm³/mol. The van der Waals surface area contributed by atoms with E-state index in [0.29, 0.717) is 5.41 Å². The Morgan fingerprint density at radius 1 is 1.09 bits per heavy atom. The van der Waals surface area contributed by atoms with Crippen molar-refractivity contribution in [3.05, 3.63) is 0 Å². The summed E-state index contributed by atoms with van der Waals surface area (Å²) in [6.45, 7) is 16.8. The number of hydrogen-bond acceptors (Lipinski definition) is 0. The smallest absolute Gasteiger partial charge is 0.0445 e. The normalized spacial score (nSPS) is 16.6. The summed E-state index contributed by atoms with van der Waals surface area (Å²) in [6, 6.07) is 1.45. The molecule has 1 heteroatoms. The van der Waals surface area contributed by atoms with Gasteiger partial charge >= 0.3 is 0 Å². The maximum absolute atomic E-state index is 2.45. The van der Waals surface area contributed by atoms with Crippen molar-refractivity contribution in [3.63, 3.8) is 0 Å². The van der Waals surface area contributed by atoms with Crippen LogP contribution >= 0.6 is 0 Å². The van der Waals surface area contributed by atoms with Crippen LogP contribution in [0.25, 0.3) is 0 Å². The zero-order valence-electron chi connectivity index (χ0n) is 9.28. The van der Waals surface area contributed by atoms with Crippen molar-refractivity contribution in [1.29, 1.82) is 0 Å². The molecule has 0 radical (unpaired) electrons. The van der Waals surface area contributed by atoms with Crippen molar-refractivity contribution in [1.82, 2.24) is 0 Å². The summed E-state index contributed by atoms with van der Waals surface area (Å²) in [6.07, 6.45) is 0. The van der Waals surface area contributed by atoms with Crippen LogP contribution in [0.3, 0.4) is 0 Å². The summed E-state index contributed by atoms with van der Waals surface area (Å²) in [5.41, 5.74) is 0.500. The lowest BCUT2D eigenvalue weighted by Gasteiger charge is -2.31. The Morgan fingerprint density at radius 3 is 1.55 bits per heavy atom. The Kier molecular flexibility index (Phi) is 3.37. The second-order valence-corrected chi connectivity index (χ2v) is 11.6. The van der Waals surface area contributed by atoms with Crippen LogP contribution in [0.15, 0.2) is 0 Å². The molecular formula is C10H24Si. The Balaban J connectivity index is 3.99. The highest BCUT2D eigenvalue weighted by Gasteiger charge is 2.25. The van der Waals surface area contributed by atoms with E-state index in [1.165, 1.54) is 6.04 Å². The standard InChI is InChI=1S/C10H24Si/c1-9(10(2,3)4)8-11(5,6)7/h9H,8H2,1-7H3. The quantitative estimate of drug-likeness (QED) is 0.552. The van der Waals surface area contributed by atoms with E-state index in [1.54, 1.807) is 0 Å². The minimum atomic E-state index is -0.830. The van der Waals surface area contributed by atoms with E-state index < -0.39 is 8.07 Å². The van der Waals surface area contributed by atoms with Gasteiger partial charge in [-0.1, -0.05) is 53.4 Å². The maximum atomic E-state index is 2.45. The van der Waals surface area contributed by atoms with Gasteiger partial charge in [0.25, 0.3) is 0 Å². The molecule has 0 aliphatic carbocycles. The first-order valence-corrected chi connectivity index (χ1v) is 8.33. The van der Waals surface area contributed by atoms with Crippen LogP contribution in [0.5, 0.6) is 0 Å². The van der Waals surface area contributed by atoms with Crippen molar-refractivity contribution in [2.75, 3.05) is 0 Å². The summed E-state index contributed by atoms with van der Waals surface area (Å²) in [5.74, 6) is 0.870. The summed E-state index contributed by atoms with van der Waals surface area (Å²) >= 11 is 0. The molecule has 0 amide bonds. The summed E-state index contributed by atoms with van der Waals surface area (Å²) in [4.78, 5) is 0. The van der Waals surface area contributed by atoms with Gasteiger partial charge in [-0.2, -0.15) is 0 Å². The van der Waals surface area contributed by atoms with Gasteiger partial charge in [0.2, 0.25) is 0 Å². The molecule has 0 N–H and O–H groups in total. The third kappa shape index (κ3) is 5.48. The third-order valence-corrected chi connectivity index (χ3v) is 4.23. The van der Waals surface area contributed by atoms with Crippen molar-refractivity contribution in [3.8, 4) is 0 Å². The molecule has 0 bridgehead atoms. The minimum absolute atomic E-state index is 0.500. The molecule has 11 heavy (non-hydrogen) atoms. The zero-order valence-corrected chi connectivity index (χ0v) is 10.3. The first-order chi connectivity index (χ1) is 4.63. The van der Waals surface area contributed by atoms with E-state index in [2.05, 4.69) is 47.3 Å². The average molecular weight is 172 g/mol. The van der Waals surface area contributed by atoms with Crippen LogP contribution in [0.2, 0.25) is 25.7 Å². The van der Waals surface area contributed by atoms with Crippen molar-refractivity contribution in [2.45, 2.75) is 53.4 Å². The molecule has 0 saturated carbocycles. The molecule has 0 saturated heterocycles. The molecular weight excluding hydrogens is 148 g/mol. The second-order valence-electron chi connectivity index (χ2n) is 6.03. The number of rotatable bonds is 2. The lowest BCUT2D eigenvalue weighted by atomic mass is 9.83. The predicted octanol–water partition coefficient (Wildman–Crippen LogP) is 4.01. The first kappa shape index (κ1) is 11.2. The Bertz CT molecular complexity index is 114. The van der Waals surface area contributed by atoms with Gasteiger partial charge in [-0.15, -0.1) is 0 Å². The molecule has 1 atom stereocenters. The largest absolute Gasteiger partial charge is 0.0695 e. The second kappa shape index (κ2) is 3.30. The van der Waals surface area contributed by atoms with E-state index in [1.807, 2.05) is 0 Å². The van der Waals surface area contributed by atoms with Gasteiger partial charge in [-0.25, -0.2) is 0 Å². The van der Waals surface area contributed by atoms with Crippen molar-refractivity contribution >= 4 is 8.07 Å². The van der Waals surface area contributed by atoms with Crippen LogP contribution < -0.4 is 0 Å². The molecule has 0 aliphatic heterocycles. The van der Waals surface area contributed by atoms with E-state index in [4.69, 9.17) is 0 Å². The molecule has 0 spiro atoms. The first-order valence-electron chi connectivity index (χ1n) is 4.63. The van der Waals surface area contributed by atoms with Gasteiger partial charge in [0.05, 0.1) is 0 Å². The third-order valence-electron chi connectivity index (χ3n) is 2.40. The lowest BCUT2D eigenvalue weighted by Crippen LogP contribution is -2.28. The molecule has 0 fully saturated rings. The SMILES string of the molecule is CC(C[Si](C)(C)C)C(C)(C)C. The minimum Gasteiger partial charge on any atom is -0.0695 e. The van der Waals surface area contributed by atoms with Crippen molar-refractivity contribution in [2.24, 2.45) is 11.3 Å². The molecule has 0 aromatic rings. The van der Waals surface area contributed by atoms with Gasteiger partial charge in [-0.05, 0) is 11.3 Å². The highest BCUT2D eigenvalue weighted by atomic mass is 28.3. The van der Waals surface area contributed by atoms with Gasteiger partial charge < -0.3 is 0 Å². The molecule has 0 nitrogen and oxygen atoms in total. The van der Waals surface area contributed by atoms with Gasteiger partial charge in [0.15, 0.2) is 0 Å². The highest BCUT2D eigenvalue weighted by molar-refractivity contribution is 6.76. The van der Waals surface area contributed by atoms with Crippen LogP contribution in [0.4, 0.5) is 0 Å². The Hall–Kier alpha value is 0.217. The Morgan fingerprint density at radius 2 is 1.45 bits per heavy atom. The summed E-state index contributed by atoms with van der Waals surface area (Å²) in [5, 5.41) is 0. The summed E-state index contributed by atoms with van der Waals surface area (Å²) < 4.78 is 0. The van der Waals surface area contributed by atoms with Crippen molar-refractivity contribution < 1.29 is 0 Å². The van der Waals surface area contributed by atoms with E-state index >= 15 is 0 Å². The molecule has 0 aromatic heterocycles. The maximum Gasteiger partial charge on any atom is 0.0445 e. The molecule has 0 aromatic carbocycles. The topological polar surface area (TPSA) is 0 Å². The van der Waals surface area contributed by atoms with Crippen LogP contribution in [-0.2, 0) is 0 Å². The highest BCUT2D eigenvalue weighted by Crippen LogP contribution is 2.32. The van der Waals surface area contributed by atoms with Gasteiger partial charge in [0.1, 0.15) is 0 Å². The van der Waals surface area contributed by atoms with E-state index in [0.717, 1.165) is 5.92 Å². The summed E-state index contributed by atoms with van der Waals surface area (Å²) in [7, 11) is -0.830. The van der Waals surface area contributed by atoms with E-state index in [9.17, 15) is 0 Å². The van der Waals surface area contributed by atoms with Crippen LogP contribution in [-0.4, -0.2) is 8.07 Å². The lowest BCUT2D eigenvalue weighted by molar-refractivity contribution is 0.281. The fourth-order valence-corrected chi connectivity index (χ4v) is 3.67. The Labute approximate surface area is 73.4 Å². The van der Waals surface area contributed by atoms with Crippen LogP contribution in [0, 0.1) is 11.3 Å². The number of hydrogen-bond donors (Lipinski definition) is 0. The fraction of sp³-hybridized carbons (Fsp3) is 1.00. The average Bonchev–Trinajstić information content (AvgIpc) is 1.56. The zero-order chi connectivity index (χ0) is 9.28. The monoisotopic (exact) mass is 172 g/mol. The molecule has 0 aliphatic rings. The van der Waals surface area contributed by atoms with Gasteiger partial charge in [-0.3, -0.25) is 0 Å². The molecule has 0 heterocycles. The van der Waals surface area contributed by atoms with E-state index in [-0.39, 0.29) is 0 Å².